The van der Waals surface area contributed by atoms with Gasteiger partial charge >= 0.3 is 5.97 Å². The molecule has 202 valence electrons. The molecule has 0 aliphatic heterocycles. The first-order valence-electron chi connectivity index (χ1n) is 14.0. The van der Waals surface area contributed by atoms with Gasteiger partial charge in [-0.1, -0.05) is 91.9 Å². The number of unbranched alkanes of at least 4 members (excludes halogenated alkanes) is 7. The highest BCUT2D eigenvalue weighted by Crippen LogP contribution is 2.19. The standard InChI is InChI=1S/C29H50O6/c1-5-9-10-11-12-13-14-15-23-32-26(16-6-2)33-27(17-7-3)34-28(18-8-4)35-29(31)24-19-21-25(30)22-20-24/h19-22,26-28,30H,5-18,23H2,1-4H3. The van der Waals surface area contributed by atoms with E-state index in [1.807, 2.05) is 6.92 Å². The highest BCUT2D eigenvalue weighted by atomic mass is 16.8. The molecule has 6 nitrogen and oxygen atoms in total. The second-order valence-electron chi connectivity index (χ2n) is 9.22. The molecular formula is C29H50O6. The van der Waals surface area contributed by atoms with Crippen LogP contribution in [0.2, 0.25) is 0 Å². The number of hydrogen-bond acceptors (Lipinski definition) is 6. The highest BCUT2D eigenvalue weighted by Gasteiger charge is 2.23. The van der Waals surface area contributed by atoms with Crippen molar-refractivity contribution in [3.63, 3.8) is 0 Å². The van der Waals surface area contributed by atoms with Crippen LogP contribution in [0, 0.1) is 0 Å². The second-order valence-corrected chi connectivity index (χ2v) is 9.22. The third-order valence-corrected chi connectivity index (χ3v) is 5.82. The Hall–Kier alpha value is -1.63. The maximum absolute atomic E-state index is 12.6. The van der Waals surface area contributed by atoms with E-state index in [4.69, 9.17) is 18.9 Å². The third-order valence-electron chi connectivity index (χ3n) is 5.82. The quantitative estimate of drug-likeness (QED) is 0.0996. The fraction of sp³-hybridized carbons (Fsp3) is 0.759. The molecule has 0 fully saturated rings. The van der Waals surface area contributed by atoms with E-state index in [1.54, 1.807) is 0 Å². The maximum atomic E-state index is 12.6. The summed E-state index contributed by atoms with van der Waals surface area (Å²) in [5, 5.41) is 9.45. The topological polar surface area (TPSA) is 74.2 Å². The van der Waals surface area contributed by atoms with Crippen molar-refractivity contribution in [1.82, 2.24) is 0 Å². The zero-order valence-electron chi connectivity index (χ0n) is 22.6. The van der Waals surface area contributed by atoms with E-state index >= 15 is 0 Å². The SMILES string of the molecule is CCCCCCCCCCOC(CCC)OC(CCC)OC(CCC)OC(=O)c1ccc(O)cc1. The van der Waals surface area contributed by atoms with Crippen molar-refractivity contribution < 1.29 is 28.8 Å². The van der Waals surface area contributed by atoms with E-state index in [9.17, 15) is 9.90 Å². The van der Waals surface area contributed by atoms with Gasteiger partial charge in [-0.15, -0.1) is 0 Å². The Labute approximate surface area is 213 Å². The van der Waals surface area contributed by atoms with E-state index in [1.165, 1.54) is 69.2 Å². The van der Waals surface area contributed by atoms with Gasteiger partial charge in [0.25, 0.3) is 0 Å². The largest absolute Gasteiger partial charge is 0.508 e. The molecule has 35 heavy (non-hydrogen) atoms. The molecule has 1 aromatic rings. The second kappa shape index (κ2) is 20.6. The van der Waals surface area contributed by atoms with Gasteiger partial charge in [-0.05, 0) is 43.5 Å². The first-order valence-corrected chi connectivity index (χ1v) is 14.0. The Morgan fingerprint density at radius 1 is 0.686 bits per heavy atom. The van der Waals surface area contributed by atoms with Crippen LogP contribution in [0.25, 0.3) is 0 Å². The van der Waals surface area contributed by atoms with Crippen LogP contribution in [-0.4, -0.2) is 36.6 Å². The molecule has 0 saturated carbocycles. The summed E-state index contributed by atoms with van der Waals surface area (Å²) in [5.74, 6) is -0.372. The van der Waals surface area contributed by atoms with Gasteiger partial charge in [0.2, 0.25) is 6.29 Å². The molecule has 1 rings (SSSR count). The molecule has 0 aliphatic carbocycles. The Kier molecular flexibility index (Phi) is 18.4. The lowest BCUT2D eigenvalue weighted by Gasteiger charge is -2.28. The molecule has 0 aliphatic rings. The number of phenols is 1. The third kappa shape index (κ3) is 15.2. The summed E-state index contributed by atoms with van der Waals surface area (Å²) < 4.78 is 24.0. The lowest BCUT2D eigenvalue weighted by Crippen LogP contribution is -2.33. The van der Waals surface area contributed by atoms with Crippen LogP contribution in [0.15, 0.2) is 24.3 Å². The molecule has 1 N–H and O–H groups in total. The number of ether oxygens (including phenoxy) is 4. The van der Waals surface area contributed by atoms with E-state index < -0.39 is 18.5 Å². The van der Waals surface area contributed by atoms with Gasteiger partial charge in [-0.3, -0.25) is 0 Å². The van der Waals surface area contributed by atoms with Crippen LogP contribution >= 0.6 is 0 Å². The molecule has 1 aromatic carbocycles. The van der Waals surface area contributed by atoms with E-state index in [2.05, 4.69) is 20.8 Å². The molecular weight excluding hydrogens is 444 g/mol. The molecule has 3 unspecified atom stereocenters. The van der Waals surface area contributed by atoms with Crippen molar-refractivity contribution in [3.05, 3.63) is 29.8 Å². The number of benzene rings is 1. The van der Waals surface area contributed by atoms with Gasteiger partial charge in [0, 0.05) is 13.0 Å². The monoisotopic (exact) mass is 494 g/mol. The number of carbonyl (C=O) groups excluding carboxylic acids is 1. The minimum Gasteiger partial charge on any atom is -0.508 e. The van der Waals surface area contributed by atoms with Crippen molar-refractivity contribution >= 4 is 5.97 Å². The molecule has 6 heteroatoms. The summed E-state index contributed by atoms with van der Waals surface area (Å²) in [6.45, 7) is 9.15. The lowest BCUT2D eigenvalue weighted by molar-refractivity contribution is -0.288. The zero-order chi connectivity index (χ0) is 25.7. The molecule has 0 radical (unpaired) electrons. The van der Waals surface area contributed by atoms with Crippen LogP contribution in [0.5, 0.6) is 5.75 Å². The van der Waals surface area contributed by atoms with Gasteiger partial charge in [0.05, 0.1) is 5.56 Å². The molecule has 0 bridgehead atoms. The first kappa shape index (κ1) is 31.4. The summed E-state index contributed by atoms with van der Waals surface area (Å²) in [6.07, 6.45) is 13.3. The average Bonchev–Trinajstić information content (AvgIpc) is 2.83. The molecule has 0 saturated heterocycles. The Balaban J connectivity index is 2.53. The van der Waals surface area contributed by atoms with Crippen LogP contribution in [0.3, 0.4) is 0 Å². The first-order chi connectivity index (χ1) is 17.0. The smallest absolute Gasteiger partial charge is 0.340 e. The number of hydrogen-bond donors (Lipinski definition) is 1. The number of phenolic OH excluding ortho intramolecular Hbond substituents is 1. The maximum Gasteiger partial charge on any atom is 0.340 e. The molecule has 0 aromatic heterocycles. The summed E-state index contributed by atoms with van der Waals surface area (Å²) in [4.78, 5) is 12.6. The van der Waals surface area contributed by atoms with Crippen molar-refractivity contribution in [2.24, 2.45) is 0 Å². The van der Waals surface area contributed by atoms with Crippen molar-refractivity contribution in [2.75, 3.05) is 6.61 Å². The van der Waals surface area contributed by atoms with E-state index in [-0.39, 0.29) is 12.0 Å². The van der Waals surface area contributed by atoms with Crippen LogP contribution in [-0.2, 0) is 18.9 Å². The highest BCUT2D eigenvalue weighted by molar-refractivity contribution is 5.89. The van der Waals surface area contributed by atoms with Crippen LogP contribution in [0.1, 0.15) is 128 Å². The minimum absolute atomic E-state index is 0.105. The van der Waals surface area contributed by atoms with Crippen LogP contribution in [0.4, 0.5) is 0 Å². The van der Waals surface area contributed by atoms with E-state index in [0.717, 1.165) is 32.1 Å². The summed E-state index contributed by atoms with van der Waals surface area (Å²) in [6, 6.07) is 6.01. The Bertz CT molecular complexity index is 633. The average molecular weight is 495 g/mol. The van der Waals surface area contributed by atoms with Crippen molar-refractivity contribution in [3.8, 4) is 5.75 Å². The fourth-order valence-corrected chi connectivity index (χ4v) is 3.79. The summed E-state index contributed by atoms with van der Waals surface area (Å²) in [7, 11) is 0. The normalized spacial score (nSPS) is 13.9. The Morgan fingerprint density at radius 3 is 1.80 bits per heavy atom. The lowest BCUT2D eigenvalue weighted by atomic mass is 10.1. The number of carbonyl (C=O) groups is 1. The predicted molar refractivity (Wildman–Crippen MR) is 140 cm³/mol. The summed E-state index contributed by atoms with van der Waals surface area (Å²) >= 11 is 0. The van der Waals surface area contributed by atoms with Gasteiger partial charge in [-0.2, -0.15) is 0 Å². The predicted octanol–water partition coefficient (Wildman–Crippen LogP) is 8.12. The molecule has 3 atom stereocenters. The number of rotatable bonds is 22. The fourth-order valence-electron chi connectivity index (χ4n) is 3.79. The summed E-state index contributed by atoms with van der Waals surface area (Å²) in [5.41, 5.74) is 0.373. The molecule has 0 heterocycles. The zero-order valence-corrected chi connectivity index (χ0v) is 22.6. The van der Waals surface area contributed by atoms with Crippen molar-refractivity contribution in [1.29, 1.82) is 0 Å². The number of esters is 1. The van der Waals surface area contributed by atoms with Crippen molar-refractivity contribution in [2.45, 2.75) is 136 Å². The van der Waals surface area contributed by atoms with Gasteiger partial charge in [-0.25, -0.2) is 4.79 Å². The molecule has 0 amide bonds. The molecule has 0 spiro atoms. The Morgan fingerprint density at radius 2 is 1.20 bits per heavy atom. The van der Waals surface area contributed by atoms with Crippen LogP contribution < -0.4 is 0 Å². The number of aromatic hydroxyl groups is 1. The van der Waals surface area contributed by atoms with Gasteiger partial charge in [0.15, 0.2) is 12.6 Å². The minimum atomic E-state index is -0.701. The van der Waals surface area contributed by atoms with Gasteiger partial charge < -0.3 is 24.1 Å². The van der Waals surface area contributed by atoms with Gasteiger partial charge in [0.1, 0.15) is 5.75 Å². The van der Waals surface area contributed by atoms with E-state index in [0.29, 0.717) is 25.0 Å².